The first-order valence-electron chi connectivity index (χ1n) is 6.18. The van der Waals surface area contributed by atoms with E-state index in [-0.39, 0.29) is 23.9 Å². The lowest BCUT2D eigenvalue weighted by Gasteiger charge is -2.39. The predicted octanol–water partition coefficient (Wildman–Crippen LogP) is 1.02. The van der Waals surface area contributed by atoms with Gasteiger partial charge in [0, 0.05) is 6.04 Å². The third-order valence-corrected chi connectivity index (χ3v) is 3.94. The van der Waals surface area contributed by atoms with Gasteiger partial charge in [0.2, 0.25) is 5.91 Å². The predicted molar refractivity (Wildman–Crippen MR) is 60.3 cm³/mol. The van der Waals surface area contributed by atoms with E-state index in [1.54, 1.807) is 0 Å². The van der Waals surface area contributed by atoms with E-state index in [4.69, 9.17) is 11.0 Å². The number of hydrogen-bond acceptors (Lipinski definition) is 3. The Balaban J connectivity index is 2.11. The number of rotatable bonds is 2. The van der Waals surface area contributed by atoms with Gasteiger partial charge in [0.15, 0.2) is 0 Å². The maximum Gasteiger partial charge on any atom is 0.234 e. The number of nitrogens with two attached hydrogens (primary N) is 1. The zero-order chi connectivity index (χ0) is 11.5. The number of carbonyl (C=O) groups excluding carboxylic acids is 1. The Morgan fingerprint density at radius 1 is 1.25 bits per heavy atom. The summed E-state index contributed by atoms with van der Waals surface area (Å²) in [6.45, 7) is 0.927. The average molecular weight is 221 g/mol. The van der Waals surface area contributed by atoms with Crippen LogP contribution in [-0.2, 0) is 4.79 Å². The van der Waals surface area contributed by atoms with Crippen molar-refractivity contribution in [1.82, 2.24) is 4.90 Å². The molecule has 1 heterocycles. The molecule has 0 bridgehead atoms. The molecule has 1 saturated carbocycles. The molecule has 0 aromatic rings. The van der Waals surface area contributed by atoms with Gasteiger partial charge in [0.25, 0.3) is 0 Å². The maximum absolute atomic E-state index is 11.4. The van der Waals surface area contributed by atoms with Crippen LogP contribution in [0.25, 0.3) is 0 Å². The van der Waals surface area contributed by atoms with E-state index in [9.17, 15) is 4.79 Å². The molecule has 1 amide bonds. The maximum atomic E-state index is 11.4. The lowest BCUT2D eigenvalue weighted by Crippen LogP contribution is -2.53. The minimum atomic E-state index is -0.219. The molecule has 1 aliphatic carbocycles. The van der Waals surface area contributed by atoms with E-state index >= 15 is 0 Å². The molecule has 2 aliphatic rings. The van der Waals surface area contributed by atoms with Crippen molar-refractivity contribution in [1.29, 1.82) is 5.26 Å². The van der Waals surface area contributed by atoms with Crippen LogP contribution in [-0.4, -0.2) is 29.4 Å². The molecule has 4 nitrogen and oxygen atoms in total. The molecular weight excluding hydrogens is 202 g/mol. The highest BCUT2D eigenvalue weighted by atomic mass is 16.1. The Morgan fingerprint density at radius 3 is 2.75 bits per heavy atom. The zero-order valence-electron chi connectivity index (χ0n) is 9.56. The summed E-state index contributed by atoms with van der Waals surface area (Å²) >= 11 is 0. The van der Waals surface area contributed by atoms with E-state index in [1.165, 1.54) is 0 Å². The first-order valence-corrected chi connectivity index (χ1v) is 6.18. The van der Waals surface area contributed by atoms with Crippen molar-refractivity contribution < 1.29 is 4.79 Å². The van der Waals surface area contributed by atoms with Crippen molar-refractivity contribution in [2.24, 2.45) is 11.7 Å². The first-order chi connectivity index (χ1) is 7.74. The molecule has 4 heteroatoms. The summed E-state index contributed by atoms with van der Waals surface area (Å²) in [5.41, 5.74) is 5.45. The van der Waals surface area contributed by atoms with Gasteiger partial charge in [-0.15, -0.1) is 0 Å². The summed E-state index contributed by atoms with van der Waals surface area (Å²) in [4.78, 5) is 13.6. The number of nitriles is 1. The summed E-state index contributed by atoms with van der Waals surface area (Å²) in [6.07, 6.45) is 6.19. The standard InChI is InChI=1S/C12H19N3O/c13-8-9-4-3-6-10(9)15-7-2-1-5-11(15)12(14)16/h9-11H,1-7H2,(H2,14,16). The van der Waals surface area contributed by atoms with Crippen molar-refractivity contribution in [2.45, 2.75) is 50.6 Å². The number of amides is 1. The highest BCUT2D eigenvalue weighted by Crippen LogP contribution is 2.33. The van der Waals surface area contributed by atoms with Crippen LogP contribution in [0.5, 0.6) is 0 Å². The fourth-order valence-electron chi connectivity index (χ4n) is 3.14. The highest BCUT2D eigenvalue weighted by molar-refractivity contribution is 5.80. The Kier molecular flexibility index (Phi) is 3.45. The number of hydrogen-bond donors (Lipinski definition) is 1. The van der Waals surface area contributed by atoms with Crippen LogP contribution in [0, 0.1) is 17.2 Å². The molecule has 0 spiro atoms. The molecule has 88 valence electrons. The normalized spacial score (nSPS) is 35.8. The third-order valence-electron chi connectivity index (χ3n) is 3.94. The smallest absolute Gasteiger partial charge is 0.234 e. The molecular formula is C12H19N3O. The summed E-state index contributed by atoms with van der Waals surface area (Å²) in [7, 11) is 0. The Labute approximate surface area is 96.4 Å². The molecule has 0 radical (unpaired) electrons. The van der Waals surface area contributed by atoms with Gasteiger partial charge < -0.3 is 5.73 Å². The number of likely N-dealkylation sites (tertiary alicyclic amines) is 1. The second kappa shape index (κ2) is 4.84. The lowest BCUT2D eigenvalue weighted by atomic mass is 9.95. The summed E-state index contributed by atoms with van der Waals surface area (Å²) in [6, 6.07) is 2.51. The summed E-state index contributed by atoms with van der Waals surface area (Å²) in [5, 5.41) is 9.10. The van der Waals surface area contributed by atoms with Gasteiger partial charge in [0.1, 0.15) is 0 Å². The van der Waals surface area contributed by atoms with Crippen LogP contribution in [0.3, 0.4) is 0 Å². The molecule has 2 N–H and O–H groups in total. The van der Waals surface area contributed by atoms with Gasteiger partial charge in [-0.25, -0.2) is 0 Å². The minimum absolute atomic E-state index is 0.0972. The number of piperidine rings is 1. The SMILES string of the molecule is N#CC1CCCC1N1CCCCC1C(N)=O. The van der Waals surface area contributed by atoms with Crippen molar-refractivity contribution in [3.63, 3.8) is 0 Å². The molecule has 3 atom stereocenters. The zero-order valence-corrected chi connectivity index (χ0v) is 9.56. The van der Waals surface area contributed by atoms with Crippen LogP contribution >= 0.6 is 0 Å². The topological polar surface area (TPSA) is 70.1 Å². The van der Waals surface area contributed by atoms with Gasteiger partial charge in [-0.2, -0.15) is 5.26 Å². The second-order valence-corrected chi connectivity index (χ2v) is 4.89. The van der Waals surface area contributed by atoms with Gasteiger partial charge >= 0.3 is 0 Å². The van der Waals surface area contributed by atoms with Crippen molar-refractivity contribution >= 4 is 5.91 Å². The van der Waals surface area contributed by atoms with Crippen molar-refractivity contribution in [3.8, 4) is 6.07 Å². The quantitative estimate of drug-likeness (QED) is 0.756. The van der Waals surface area contributed by atoms with E-state index < -0.39 is 0 Å². The van der Waals surface area contributed by atoms with Crippen molar-refractivity contribution in [3.05, 3.63) is 0 Å². The van der Waals surface area contributed by atoms with Gasteiger partial charge in [-0.3, -0.25) is 9.69 Å². The molecule has 16 heavy (non-hydrogen) atoms. The van der Waals surface area contributed by atoms with Crippen LogP contribution in [0.2, 0.25) is 0 Å². The number of primary amides is 1. The summed E-state index contributed by atoms with van der Waals surface area (Å²) in [5.74, 6) is -0.122. The first kappa shape index (κ1) is 11.4. The second-order valence-electron chi connectivity index (χ2n) is 4.89. The highest BCUT2D eigenvalue weighted by Gasteiger charge is 2.38. The fourth-order valence-corrected chi connectivity index (χ4v) is 3.14. The molecule has 1 aliphatic heterocycles. The van der Waals surface area contributed by atoms with E-state index in [0.717, 1.165) is 45.1 Å². The van der Waals surface area contributed by atoms with E-state index in [2.05, 4.69) is 11.0 Å². The van der Waals surface area contributed by atoms with Gasteiger partial charge in [-0.05, 0) is 32.2 Å². The number of nitrogens with zero attached hydrogens (tertiary/aromatic N) is 2. The van der Waals surface area contributed by atoms with Crippen molar-refractivity contribution in [2.75, 3.05) is 6.54 Å². The fraction of sp³-hybridized carbons (Fsp3) is 0.833. The Morgan fingerprint density at radius 2 is 2.06 bits per heavy atom. The Bertz CT molecular complexity index is 310. The van der Waals surface area contributed by atoms with Crippen LogP contribution in [0.1, 0.15) is 38.5 Å². The van der Waals surface area contributed by atoms with Crippen LogP contribution < -0.4 is 5.73 Å². The summed E-state index contributed by atoms with van der Waals surface area (Å²) < 4.78 is 0. The third kappa shape index (κ3) is 2.05. The van der Waals surface area contributed by atoms with Crippen LogP contribution in [0.15, 0.2) is 0 Å². The Hall–Kier alpha value is -1.08. The molecule has 1 saturated heterocycles. The molecule has 2 rings (SSSR count). The monoisotopic (exact) mass is 221 g/mol. The lowest BCUT2D eigenvalue weighted by molar-refractivity contribution is -0.125. The van der Waals surface area contributed by atoms with Gasteiger partial charge in [-0.1, -0.05) is 12.8 Å². The average Bonchev–Trinajstić information content (AvgIpc) is 2.76. The van der Waals surface area contributed by atoms with E-state index in [1.807, 2.05) is 0 Å². The molecule has 0 aromatic carbocycles. The minimum Gasteiger partial charge on any atom is -0.368 e. The molecule has 0 aromatic heterocycles. The van der Waals surface area contributed by atoms with E-state index in [0.29, 0.717) is 0 Å². The number of carbonyl (C=O) groups is 1. The largest absolute Gasteiger partial charge is 0.368 e. The van der Waals surface area contributed by atoms with Crippen LogP contribution in [0.4, 0.5) is 0 Å². The molecule has 3 unspecified atom stereocenters. The molecule has 2 fully saturated rings. The van der Waals surface area contributed by atoms with Gasteiger partial charge in [0.05, 0.1) is 18.0 Å².